The fourth-order valence-corrected chi connectivity index (χ4v) is 4.77. The van der Waals surface area contributed by atoms with Crippen molar-refractivity contribution in [2.75, 3.05) is 18.5 Å². The smallest absolute Gasteiger partial charge is 0.253 e. The average molecular weight is 431 g/mol. The summed E-state index contributed by atoms with van der Waals surface area (Å²) < 4.78 is 7.51. The van der Waals surface area contributed by atoms with Crippen LogP contribution in [-0.2, 0) is 29.0 Å². The van der Waals surface area contributed by atoms with E-state index in [4.69, 9.17) is 4.74 Å². The van der Waals surface area contributed by atoms with Crippen LogP contribution < -0.4 is 5.32 Å². The first-order chi connectivity index (χ1) is 15.5. The minimum atomic E-state index is -0.308. The monoisotopic (exact) mass is 430 g/mol. The summed E-state index contributed by atoms with van der Waals surface area (Å²) in [5.74, 6) is -0.0314. The standard InChI is InChI=1S/C26H30N4O2/c1-18-13-19(2)30(28-18)24-6-3-5-20(14-24)16-29-11-10-21-8-9-23(15-22(21)17-29)27-26(31)25-7-4-12-32-25/h3,5-6,8-9,13-15,25H,4,7,10-12,16-17H2,1-2H3,(H,27,31). The highest BCUT2D eigenvalue weighted by atomic mass is 16.5. The highest BCUT2D eigenvalue weighted by Crippen LogP contribution is 2.25. The molecule has 0 saturated carbocycles. The first kappa shape index (κ1) is 20.9. The van der Waals surface area contributed by atoms with Crippen LogP contribution in [0.5, 0.6) is 0 Å². The molecule has 3 heterocycles. The topological polar surface area (TPSA) is 59.4 Å². The number of hydrogen-bond acceptors (Lipinski definition) is 4. The molecule has 0 radical (unpaired) electrons. The van der Waals surface area contributed by atoms with Crippen molar-refractivity contribution in [1.29, 1.82) is 0 Å². The van der Waals surface area contributed by atoms with Gasteiger partial charge in [0.2, 0.25) is 0 Å². The van der Waals surface area contributed by atoms with Gasteiger partial charge in [0.05, 0.1) is 11.4 Å². The van der Waals surface area contributed by atoms with Gasteiger partial charge in [0.15, 0.2) is 0 Å². The van der Waals surface area contributed by atoms with E-state index in [1.165, 1.54) is 16.7 Å². The van der Waals surface area contributed by atoms with Crippen LogP contribution in [0.15, 0.2) is 48.5 Å². The third-order valence-corrected chi connectivity index (χ3v) is 6.36. The van der Waals surface area contributed by atoms with E-state index in [2.05, 4.69) is 64.7 Å². The molecule has 32 heavy (non-hydrogen) atoms. The summed E-state index contributed by atoms with van der Waals surface area (Å²) in [6, 6.07) is 17.0. The number of amides is 1. The Bertz CT molecular complexity index is 1130. The molecular weight excluding hydrogens is 400 g/mol. The number of hydrogen-bond donors (Lipinski definition) is 1. The van der Waals surface area contributed by atoms with E-state index in [0.29, 0.717) is 6.61 Å². The Kier molecular flexibility index (Phi) is 5.81. The second-order valence-electron chi connectivity index (χ2n) is 8.94. The first-order valence-corrected chi connectivity index (χ1v) is 11.4. The molecule has 1 unspecified atom stereocenters. The molecule has 1 amide bonds. The first-order valence-electron chi connectivity index (χ1n) is 11.4. The molecule has 1 saturated heterocycles. The molecule has 1 atom stereocenters. The summed E-state index contributed by atoms with van der Waals surface area (Å²) in [5.41, 5.74) is 8.07. The van der Waals surface area contributed by atoms with Gasteiger partial charge in [-0.05, 0) is 80.1 Å². The van der Waals surface area contributed by atoms with Gasteiger partial charge in [-0.1, -0.05) is 18.2 Å². The molecule has 2 aromatic carbocycles. The van der Waals surface area contributed by atoms with Crippen molar-refractivity contribution in [2.24, 2.45) is 0 Å². The quantitative estimate of drug-likeness (QED) is 0.660. The van der Waals surface area contributed by atoms with E-state index in [1.54, 1.807) is 0 Å². The highest BCUT2D eigenvalue weighted by molar-refractivity contribution is 5.94. The zero-order valence-electron chi connectivity index (χ0n) is 18.8. The van der Waals surface area contributed by atoms with E-state index in [0.717, 1.165) is 61.7 Å². The van der Waals surface area contributed by atoms with Gasteiger partial charge >= 0.3 is 0 Å². The molecule has 6 nitrogen and oxygen atoms in total. The number of fused-ring (bicyclic) bond motifs is 1. The Balaban J connectivity index is 1.27. The fraction of sp³-hybridized carbons (Fsp3) is 0.385. The SMILES string of the molecule is Cc1cc(C)n(-c2cccc(CN3CCc4ccc(NC(=O)C5CCCO5)cc4C3)c2)n1. The molecule has 3 aromatic rings. The molecule has 1 N–H and O–H groups in total. The van der Waals surface area contributed by atoms with E-state index in [1.807, 2.05) is 17.7 Å². The van der Waals surface area contributed by atoms with Crippen LogP contribution in [0.2, 0.25) is 0 Å². The minimum Gasteiger partial charge on any atom is -0.368 e. The van der Waals surface area contributed by atoms with Crippen LogP contribution in [0.1, 0.15) is 40.9 Å². The van der Waals surface area contributed by atoms with Gasteiger partial charge in [-0.2, -0.15) is 5.10 Å². The maximum atomic E-state index is 12.4. The van der Waals surface area contributed by atoms with Crippen LogP contribution in [0.4, 0.5) is 5.69 Å². The molecule has 1 aromatic heterocycles. The molecule has 2 aliphatic heterocycles. The van der Waals surface area contributed by atoms with E-state index in [-0.39, 0.29) is 12.0 Å². The van der Waals surface area contributed by atoms with E-state index < -0.39 is 0 Å². The number of aromatic nitrogens is 2. The molecule has 0 aliphatic carbocycles. The lowest BCUT2D eigenvalue weighted by atomic mass is 9.98. The molecule has 5 rings (SSSR count). The van der Waals surface area contributed by atoms with Gasteiger partial charge in [-0.3, -0.25) is 9.69 Å². The Morgan fingerprint density at radius 3 is 2.84 bits per heavy atom. The molecular formula is C26H30N4O2. The number of anilines is 1. The Hall–Kier alpha value is -2.96. The predicted octanol–water partition coefficient (Wildman–Crippen LogP) is 4.16. The van der Waals surface area contributed by atoms with Gasteiger partial charge in [0, 0.05) is 37.6 Å². The third-order valence-electron chi connectivity index (χ3n) is 6.36. The van der Waals surface area contributed by atoms with Crippen LogP contribution in [-0.4, -0.2) is 39.8 Å². The number of rotatable bonds is 5. The molecule has 1 fully saturated rings. The summed E-state index contributed by atoms with van der Waals surface area (Å²) in [6.07, 6.45) is 2.48. The van der Waals surface area contributed by atoms with Crippen LogP contribution in [0, 0.1) is 13.8 Å². The molecule has 6 heteroatoms. The Labute approximate surface area is 189 Å². The maximum absolute atomic E-state index is 12.4. The molecule has 166 valence electrons. The summed E-state index contributed by atoms with van der Waals surface area (Å²) in [7, 11) is 0. The van der Waals surface area contributed by atoms with Crippen molar-refractivity contribution in [1.82, 2.24) is 14.7 Å². The lowest BCUT2D eigenvalue weighted by Gasteiger charge is -2.29. The maximum Gasteiger partial charge on any atom is 0.253 e. The van der Waals surface area contributed by atoms with Crippen LogP contribution >= 0.6 is 0 Å². The summed E-state index contributed by atoms with van der Waals surface area (Å²) >= 11 is 0. The van der Waals surface area contributed by atoms with Crippen molar-refractivity contribution in [3.05, 3.63) is 76.6 Å². The zero-order valence-corrected chi connectivity index (χ0v) is 18.8. The number of benzene rings is 2. The Morgan fingerprint density at radius 2 is 2.06 bits per heavy atom. The summed E-state index contributed by atoms with van der Waals surface area (Å²) in [4.78, 5) is 14.9. The number of carbonyl (C=O) groups excluding carboxylic acids is 1. The zero-order chi connectivity index (χ0) is 22.1. The van der Waals surface area contributed by atoms with Gasteiger partial charge < -0.3 is 10.1 Å². The molecule has 0 bridgehead atoms. The Morgan fingerprint density at radius 1 is 1.16 bits per heavy atom. The molecule has 2 aliphatic rings. The van der Waals surface area contributed by atoms with Crippen LogP contribution in [0.25, 0.3) is 5.69 Å². The second kappa shape index (κ2) is 8.88. The highest BCUT2D eigenvalue weighted by Gasteiger charge is 2.24. The van der Waals surface area contributed by atoms with Gasteiger partial charge in [0.25, 0.3) is 5.91 Å². The van der Waals surface area contributed by atoms with Crippen molar-refractivity contribution >= 4 is 11.6 Å². The predicted molar refractivity (Wildman–Crippen MR) is 125 cm³/mol. The van der Waals surface area contributed by atoms with Gasteiger partial charge in [-0.25, -0.2) is 4.68 Å². The largest absolute Gasteiger partial charge is 0.368 e. The molecule has 0 spiro atoms. The van der Waals surface area contributed by atoms with Crippen molar-refractivity contribution in [3.63, 3.8) is 0 Å². The van der Waals surface area contributed by atoms with Crippen molar-refractivity contribution in [2.45, 2.75) is 52.3 Å². The minimum absolute atomic E-state index is 0.0314. The lowest BCUT2D eigenvalue weighted by Crippen LogP contribution is -2.30. The van der Waals surface area contributed by atoms with E-state index >= 15 is 0 Å². The van der Waals surface area contributed by atoms with Gasteiger partial charge in [0.1, 0.15) is 6.10 Å². The second-order valence-corrected chi connectivity index (χ2v) is 8.94. The van der Waals surface area contributed by atoms with Crippen molar-refractivity contribution in [3.8, 4) is 5.69 Å². The third kappa shape index (κ3) is 4.47. The van der Waals surface area contributed by atoms with E-state index in [9.17, 15) is 4.79 Å². The summed E-state index contributed by atoms with van der Waals surface area (Å²) in [5, 5.41) is 7.66. The number of aryl methyl sites for hydroxylation is 2. The normalized spacial score (nSPS) is 18.5. The summed E-state index contributed by atoms with van der Waals surface area (Å²) in [6.45, 7) is 7.58. The number of nitrogens with zero attached hydrogens (tertiary/aromatic N) is 3. The van der Waals surface area contributed by atoms with Crippen LogP contribution in [0.3, 0.4) is 0 Å². The van der Waals surface area contributed by atoms with Crippen molar-refractivity contribution < 1.29 is 9.53 Å². The average Bonchev–Trinajstić information content (AvgIpc) is 3.43. The fourth-order valence-electron chi connectivity index (χ4n) is 4.77. The van der Waals surface area contributed by atoms with Gasteiger partial charge in [-0.15, -0.1) is 0 Å². The lowest BCUT2D eigenvalue weighted by molar-refractivity contribution is -0.124. The number of ether oxygens (including phenoxy) is 1. The number of nitrogens with one attached hydrogen (secondary N) is 1. The number of carbonyl (C=O) groups is 1.